The normalized spacial score (nSPS) is 12.2. The van der Waals surface area contributed by atoms with Crippen LogP contribution in [0.1, 0.15) is 116 Å². The summed E-state index contributed by atoms with van der Waals surface area (Å²) in [4.78, 5) is 87.5. The molecule has 0 saturated carbocycles. The van der Waals surface area contributed by atoms with Gasteiger partial charge in [-0.25, -0.2) is 88.4 Å². The summed E-state index contributed by atoms with van der Waals surface area (Å²) in [6.07, 6.45) is 52.8. The number of pyridine rings is 5. The van der Waals surface area contributed by atoms with Gasteiger partial charge in [-0.2, -0.15) is 8.42 Å². The monoisotopic (exact) mass is 2420 g/mol. The molecule has 0 radical (unpaired) electrons. The molecule has 6 heterocycles. The van der Waals surface area contributed by atoms with E-state index in [1.807, 2.05) is 47.5 Å². The van der Waals surface area contributed by atoms with Crippen LogP contribution in [0.15, 0.2) is 253 Å². The molecule has 0 spiro atoms. The van der Waals surface area contributed by atoms with Crippen molar-refractivity contribution in [3.8, 4) is 0 Å². The van der Waals surface area contributed by atoms with E-state index in [0.29, 0.717) is 70.5 Å². The fourth-order valence-corrected chi connectivity index (χ4v) is 16.6. The van der Waals surface area contributed by atoms with Gasteiger partial charge < -0.3 is 95.2 Å². The fraction of sp³-hybridized carbons (Fsp3) is 0.341. The van der Waals surface area contributed by atoms with E-state index in [9.17, 15) is 78.6 Å². The summed E-state index contributed by atoms with van der Waals surface area (Å²) in [6, 6.07) is 8.19. The number of ether oxygens (including phenoxy) is 2. The first-order valence-electron chi connectivity index (χ1n) is 42.5. The topological polar surface area (TPSA) is 664 Å². The Hall–Kier alpha value is -10.9. The number of alkyl carbamates (subject to hydrolysis) is 1. The van der Waals surface area contributed by atoms with Crippen molar-refractivity contribution >= 4 is 184 Å². The lowest BCUT2D eigenvalue weighted by molar-refractivity contribution is -0.732. The molecule has 6 aromatic heterocycles. The molecule has 0 aliphatic heterocycles. The van der Waals surface area contributed by atoms with Crippen LogP contribution in [0, 0.1) is 34.3 Å². The van der Waals surface area contributed by atoms with Crippen molar-refractivity contribution in [3.05, 3.63) is 268 Å². The van der Waals surface area contributed by atoms with E-state index in [4.69, 9.17) is 82.2 Å². The number of halogens is 7. The van der Waals surface area contributed by atoms with Gasteiger partial charge in [0, 0.05) is 136 Å². The van der Waals surface area contributed by atoms with Crippen LogP contribution in [-0.4, -0.2) is 186 Å². The Labute approximate surface area is 908 Å². The number of carbonyl (C=O) groups is 8. The van der Waals surface area contributed by atoms with Crippen molar-refractivity contribution in [2.24, 2.45) is 41.0 Å². The number of aldehydes is 2. The molecule has 0 aromatic carbocycles. The van der Waals surface area contributed by atoms with Gasteiger partial charge in [-0.1, -0.05) is 124 Å². The van der Waals surface area contributed by atoms with Crippen molar-refractivity contribution in [1.29, 1.82) is 0 Å². The zero-order valence-corrected chi connectivity index (χ0v) is 95.6. The number of hydrogen-bond donors (Lipinski definition) is 7. The van der Waals surface area contributed by atoms with Gasteiger partial charge >= 0.3 is 12.1 Å². The van der Waals surface area contributed by atoms with Crippen molar-refractivity contribution < 1.29 is 191 Å². The standard InChI is InChI=1S/C25H34N6O4S2.C14H23N3O4S.C11H11NO2.C7H9ClNO2S.C7H6O2.C6H8N2O3S.C6H7NO3S.C5H6.4C2H4O2.CH3F.CH3I.Cl2OS.2ClH/c1-30-15-9-22(24(18-30)36(32,33)28-13-11-26)7-5-20-3-4-21(17-20)6-8-23-10-16-31(2)19-25(23)37(34,35)29-14-12-27;1-11-6-9-17(5)10-12(11)22(19,20)16-8-7-15-13(18)21-14(2,3)4;1-3-14-11(13)10(12-2)8-9-6-4-5-7-9;1-6-3-4-9(2)5-7(6)12(8,10)11;8-4-6-1-2-7(3-6)5-9;1-5-3-7-8(2)4-6(5)12(9,10)11;1-5-4-7-3-2-6(5)11(8,9)10;1-2-4-5-3-1;4*1-2(3)4;2*1-2;1-4(2)3;;/h3-10,15-16,18-19,28-29H,11-14,17,26-27H2,1-2H3;6,9-10,16H,7-8H2,1-5H3;4-6,8H,3,7H2,1H3;3-5H,1-2H3;1-2,4-5H,3H2;3-4H,1-2H3;2-4H,1H3,(H,8,9,10);1-4H,5H2;4*1H3,(H,3,4);2*1H3;;2*1H/q+2;;;+1;;;;;;;;;;;;;/p-4/b7-5+,8-6+;;10-8-;;;;;;;;;;;;;;/i;;;;;;;;;;;;1D;;;;. The predicted molar refractivity (Wildman–Crippen MR) is 544 cm³/mol. The maximum atomic E-state index is 12.7. The van der Waals surface area contributed by atoms with Crippen molar-refractivity contribution in [1.82, 2.24) is 29.6 Å². The summed E-state index contributed by atoms with van der Waals surface area (Å²) < 4.78 is 209. The summed E-state index contributed by atoms with van der Waals surface area (Å²) >= 11 is 2.15. The quantitative estimate of drug-likeness (QED) is 0.00277. The number of carbonyl (C=O) groups excluding carboxylic acids is 8. The summed E-state index contributed by atoms with van der Waals surface area (Å²) in [5.74, 6) is -4.88. The Morgan fingerprint density at radius 1 is 0.595 bits per heavy atom. The largest absolute Gasteiger partial charge is 1.00 e. The van der Waals surface area contributed by atoms with Crippen LogP contribution in [0.5, 0.6) is 0 Å². The average Bonchev–Trinajstić information content (AvgIpc) is 1.47. The number of aliphatic carboxylic acids is 4. The predicted octanol–water partition coefficient (Wildman–Crippen LogP) is -3.70. The summed E-state index contributed by atoms with van der Waals surface area (Å²) in [7, 11) is -2.89. The zero-order valence-electron chi connectivity index (χ0n) is 84.9. The van der Waals surface area contributed by atoms with Crippen LogP contribution >= 0.6 is 54.6 Å². The van der Waals surface area contributed by atoms with Gasteiger partial charge in [0.15, 0.2) is 66.4 Å². The number of carboxylic acid groups (broad SMARTS) is 4. The van der Waals surface area contributed by atoms with Crippen LogP contribution in [0.25, 0.3) is 17.0 Å². The smallest absolute Gasteiger partial charge is 0.407 e. The molecule has 0 saturated heterocycles. The number of aryl methyl sites for hydroxylation is 9. The second-order valence-corrected chi connectivity index (χ2v) is 42.6. The summed E-state index contributed by atoms with van der Waals surface area (Å²) in [6.45, 7) is 25.9. The third-order valence-corrected chi connectivity index (χ3v) is 24.0. The zero-order chi connectivity index (χ0) is 114. The molecule has 824 valence electrons. The van der Waals surface area contributed by atoms with Crippen molar-refractivity contribution in [3.63, 3.8) is 0 Å². The summed E-state index contributed by atoms with van der Waals surface area (Å²) in [5.41, 5.74) is 16.2. The molecule has 10 rings (SSSR count). The van der Waals surface area contributed by atoms with Crippen molar-refractivity contribution in [2.45, 2.75) is 144 Å². The highest BCUT2D eigenvalue weighted by atomic mass is 127. The van der Waals surface area contributed by atoms with Crippen LogP contribution in [0.4, 0.5) is 9.18 Å². The molecular formula is C91H124Cl5FIN14O29S7-. The number of alkyl halides is 2. The highest BCUT2D eigenvalue weighted by Gasteiger charge is 2.26. The third kappa shape index (κ3) is 74.1. The Bertz CT molecular complexity index is 6220. The lowest BCUT2D eigenvalue weighted by Crippen LogP contribution is -3.00. The number of amides is 1. The molecule has 4 aliphatic carbocycles. The summed E-state index contributed by atoms with van der Waals surface area (Å²) in [5, 5.41) is 41.8. The second-order valence-electron chi connectivity index (χ2n) is 29.6. The first-order chi connectivity index (χ1) is 68.1. The number of rotatable bonds is 25. The van der Waals surface area contributed by atoms with E-state index in [-0.39, 0.29) is 92.6 Å². The number of sulfonamides is 3. The van der Waals surface area contributed by atoms with Gasteiger partial charge in [-0.3, -0.25) is 28.3 Å². The maximum Gasteiger partial charge on any atom is 0.407 e. The van der Waals surface area contributed by atoms with E-state index in [2.05, 4.69) is 108 Å². The molecule has 10 N–H and O–H groups in total. The number of nitrogens with two attached hydrogens (primary N) is 1. The van der Waals surface area contributed by atoms with E-state index in [0.717, 1.165) is 69.8 Å². The van der Waals surface area contributed by atoms with E-state index in [1.165, 1.54) is 48.7 Å². The highest BCUT2D eigenvalue weighted by molar-refractivity contribution is 14.1. The van der Waals surface area contributed by atoms with Crippen LogP contribution in [0.2, 0.25) is 0 Å². The maximum absolute atomic E-state index is 12.7. The molecule has 0 bridgehead atoms. The number of quaternary nitrogens is 1. The van der Waals surface area contributed by atoms with E-state index in [1.54, 1.807) is 200 Å². The molecule has 0 fully saturated rings. The minimum absolute atomic E-state index is 0. The Morgan fingerprint density at radius 2 is 0.980 bits per heavy atom. The van der Waals surface area contributed by atoms with Gasteiger partial charge in [-0.15, -0.1) is 0 Å². The van der Waals surface area contributed by atoms with E-state index < -0.39 is 117 Å². The van der Waals surface area contributed by atoms with Crippen LogP contribution in [-0.2, 0) is 147 Å². The minimum Gasteiger partial charge on any atom is -1.00 e. The molecule has 1 amide bonds. The Morgan fingerprint density at radius 3 is 1.31 bits per heavy atom. The molecule has 43 nitrogen and oxygen atoms in total. The molecule has 0 unspecified atom stereocenters. The highest BCUT2D eigenvalue weighted by Crippen LogP contribution is 2.26. The minimum atomic E-state index is -4.37. The first kappa shape index (κ1) is 148. The Kier molecular flexibility index (Phi) is 80.0. The molecule has 148 heavy (non-hydrogen) atoms. The molecule has 57 heteroatoms. The number of nitrogens with one attached hydrogen (secondary N) is 4. The van der Waals surface area contributed by atoms with Gasteiger partial charge in [0.25, 0.3) is 24.9 Å². The SMILES string of the molecule is C1=CCC=C1.CC(=O)[O-].CC(=O)[O-].CC(=O)[O-].CC(=O)[O-].CI.C[n+]1ccc(/C=C/C2=CC=C(/C=C/c3cc[n+](C)cc3S(=O)(=O)NCC[NH3+])C2)c(S(=O)(=O)NCCN)c1.Cc1cc[n+](C)cc1S(=O)(=O)Cl.Cc1cc[n+](C)cc1S(=O)(=O)NCCNC(=O)OC(C)(C)C.Cc1cn[n+](C)cc1S(=O)(=O)[O-].Cc1cnccc1S(=O)(=O)O.O=CC1=CC=C(C=O)C1.O=S(Cl)Cl.[2H]CF.[C-]#[N+]/C(=C\C1=CC=CC1)C(=O)OCC.[Cl-].[Cl-]. The second kappa shape index (κ2) is 80.1. The van der Waals surface area contributed by atoms with E-state index >= 15 is 0 Å². The molecule has 4 aliphatic rings. The number of aromatic nitrogens is 7. The number of allylic oxidation sites excluding steroid dienone is 19. The first-order valence-corrected chi connectivity index (χ1v) is 56.3. The number of hydrogen-bond acceptors (Lipinski definition) is 31. The van der Waals surface area contributed by atoms with Crippen LogP contribution in [0.3, 0.4) is 0 Å². The lowest BCUT2D eigenvalue weighted by Gasteiger charge is -2.19. The molecular weight excluding hydrogens is 2300 g/mol. The average molecular weight is 2430 g/mol. The third-order valence-electron chi connectivity index (χ3n) is 16.0. The van der Waals surface area contributed by atoms with Gasteiger partial charge in [0.05, 0.1) is 45.9 Å². The fourth-order valence-electron chi connectivity index (χ4n) is 9.96. The molecule has 6 aromatic rings. The van der Waals surface area contributed by atoms with Gasteiger partial charge in [-0.05, 0) is 169 Å². The van der Waals surface area contributed by atoms with Crippen molar-refractivity contribution in [2.75, 3.05) is 58.0 Å². The number of nitrogens with zero attached hydrogens (tertiary/aromatic N) is 8. The molecule has 0 atom stereocenters. The number of carboxylic acids is 4. The Balaban J connectivity index is -0.000000313. The number of esters is 1. The van der Waals surface area contributed by atoms with Crippen LogP contribution < -0.4 is 99.1 Å². The lowest BCUT2D eigenvalue weighted by atomic mass is 10.1. The van der Waals surface area contributed by atoms with Gasteiger partial charge in [0.2, 0.25) is 45.5 Å². The van der Waals surface area contributed by atoms with Gasteiger partial charge in [0.1, 0.15) is 71.2 Å².